The van der Waals surface area contributed by atoms with Crippen molar-refractivity contribution in [2.24, 2.45) is 4.99 Å². The number of hydrogen-bond acceptors (Lipinski definition) is 6. The first-order valence-electron chi connectivity index (χ1n) is 8.97. The number of nitriles is 1. The number of aliphatic imine (C=N–C) groups is 1. The van der Waals surface area contributed by atoms with Crippen LogP contribution >= 0.6 is 11.6 Å². The zero-order valence-electron chi connectivity index (χ0n) is 16.0. The zero-order valence-corrected chi connectivity index (χ0v) is 16.8. The molecule has 0 atom stereocenters. The number of fused-ring (bicyclic) bond motifs is 3. The molecule has 1 aliphatic rings. The predicted octanol–water partition coefficient (Wildman–Crippen LogP) is 4.07. The van der Waals surface area contributed by atoms with Gasteiger partial charge in [-0.3, -0.25) is 4.99 Å². The minimum Gasteiger partial charge on any atom is -0.487 e. The lowest BCUT2D eigenvalue weighted by Crippen LogP contribution is -2.19. The third kappa shape index (κ3) is 3.51. The van der Waals surface area contributed by atoms with Crippen LogP contribution in [0.1, 0.15) is 11.4 Å². The Hall–Kier alpha value is -3.70. The quantitative estimate of drug-likeness (QED) is 0.467. The number of benzene rings is 2. The summed E-state index contributed by atoms with van der Waals surface area (Å²) in [6, 6.07) is 13.2. The van der Waals surface area contributed by atoms with E-state index in [4.69, 9.17) is 16.3 Å². The molecule has 0 saturated carbocycles. The Morgan fingerprint density at radius 2 is 2.07 bits per heavy atom. The van der Waals surface area contributed by atoms with E-state index in [1.165, 1.54) is 12.1 Å². The summed E-state index contributed by atoms with van der Waals surface area (Å²) in [6.45, 7) is 3.64. The predicted molar refractivity (Wildman–Crippen MR) is 111 cm³/mol. The molecule has 3 aromatic rings. The fraction of sp³-hybridized carbons (Fsp3) is 0.143. The molecule has 0 radical (unpaired) electrons. The maximum Gasteiger partial charge on any atom is 0.159 e. The van der Waals surface area contributed by atoms with E-state index >= 15 is 0 Å². The maximum atomic E-state index is 13.1. The number of allylic oxidation sites excluding steroid dienone is 2. The molecule has 0 N–H and O–H groups in total. The lowest BCUT2D eigenvalue weighted by Gasteiger charge is -2.22. The van der Waals surface area contributed by atoms with Crippen LogP contribution in [0, 0.1) is 17.1 Å². The second kappa shape index (κ2) is 7.97. The average molecular weight is 423 g/mol. The molecule has 0 aliphatic carbocycles. The van der Waals surface area contributed by atoms with Gasteiger partial charge in [-0.15, -0.1) is 5.10 Å². The van der Waals surface area contributed by atoms with E-state index in [-0.39, 0.29) is 18.1 Å². The van der Waals surface area contributed by atoms with Gasteiger partial charge in [0.2, 0.25) is 0 Å². The van der Waals surface area contributed by atoms with Crippen molar-refractivity contribution in [2.45, 2.75) is 13.0 Å². The van der Waals surface area contributed by atoms with Crippen molar-refractivity contribution in [1.82, 2.24) is 15.0 Å². The third-order valence-electron chi connectivity index (χ3n) is 4.84. The van der Waals surface area contributed by atoms with Crippen LogP contribution in [0.3, 0.4) is 0 Å². The van der Waals surface area contributed by atoms with Crippen molar-refractivity contribution in [3.05, 3.63) is 76.1 Å². The summed E-state index contributed by atoms with van der Waals surface area (Å²) >= 11 is 6.23. The lowest BCUT2D eigenvalue weighted by atomic mass is 10.1. The molecule has 9 heteroatoms. The molecule has 0 unspecified atom stereocenters. The molecule has 0 saturated heterocycles. The molecular weight excluding hydrogens is 407 g/mol. The van der Waals surface area contributed by atoms with Crippen LogP contribution in [0.4, 0.5) is 10.1 Å². The number of ether oxygens (including phenoxy) is 1. The largest absolute Gasteiger partial charge is 0.487 e. The second-order valence-electron chi connectivity index (χ2n) is 6.57. The molecule has 0 amide bonds. The van der Waals surface area contributed by atoms with Crippen LogP contribution in [-0.2, 0) is 13.0 Å². The molecule has 150 valence electrons. The first-order chi connectivity index (χ1) is 14.5. The smallest absolute Gasteiger partial charge is 0.159 e. The molecule has 7 nitrogen and oxygen atoms in total. The summed E-state index contributed by atoms with van der Waals surface area (Å²) < 4.78 is 20.6. The van der Waals surface area contributed by atoms with Gasteiger partial charge >= 0.3 is 0 Å². The van der Waals surface area contributed by atoms with Gasteiger partial charge in [-0.05, 0) is 49.2 Å². The van der Waals surface area contributed by atoms with Crippen molar-refractivity contribution < 1.29 is 9.13 Å². The standard InChI is InChI=1S/C21H16ClFN6O/c1-25-16(11-24)19-10-20-17(12-30-15-6-4-14(23)5-7-15)26-27-29(20)21-9-13(22)3-8-18(21)28(19)2/h3-9H,1,10,12H2,2H3/b19-16-. The van der Waals surface area contributed by atoms with E-state index in [1.54, 1.807) is 28.9 Å². The number of halogens is 2. The van der Waals surface area contributed by atoms with Crippen LogP contribution in [0.15, 0.2) is 58.9 Å². The SMILES string of the molecule is C=N/C(C#N)=C1/Cc2c(COc3ccc(F)cc3)nnn2-c2cc(Cl)ccc2N1C. The summed E-state index contributed by atoms with van der Waals surface area (Å²) in [4.78, 5) is 5.76. The lowest BCUT2D eigenvalue weighted by molar-refractivity contribution is 0.299. The molecule has 30 heavy (non-hydrogen) atoms. The summed E-state index contributed by atoms with van der Waals surface area (Å²) in [6.07, 6.45) is 0.333. The van der Waals surface area contributed by atoms with E-state index in [9.17, 15) is 9.65 Å². The van der Waals surface area contributed by atoms with E-state index < -0.39 is 0 Å². The highest BCUT2D eigenvalue weighted by Crippen LogP contribution is 2.35. The molecular formula is C21H16ClFN6O. The number of hydrogen-bond donors (Lipinski definition) is 0. The van der Waals surface area contributed by atoms with Gasteiger partial charge in [0.15, 0.2) is 5.70 Å². The van der Waals surface area contributed by atoms with Gasteiger partial charge in [-0.2, -0.15) is 5.26 Å². The Bertz CT molecular complexity index is 1200. The highest BCUT2D eigenvalue weighted by molar-refractivity contribution is 6.30. The monoisotopic (exact) mass is 422 g/mol. The molecule has 4 rings (SSSR count). The van der Waals surface area contributed by atoms with Crippen LogP contribution < -0.4 is 9.64 Å². The van der Waals surface area contributed by atoms with Crippen LogP contribution in [0.2, 0.25) is 5.02 Å². The summed E-state index contributed by atoms with van der Waals surface area (Å²) in [5.74, 6) is 0.167. The molecule has 1 aliphatic heterocycles. The third-order valence-corrected chi connectivity index (χ3v) is 5.07. The molecule has 2 heterocycles. The molecule has 0 fully saturated rings. The normalized spacial score (nSPS) is 14.3. The van der Waals surface area contributed by atoms with E-state index in [0.29, 0.717) is 28.6 Å². The van der Waals surface area contributed by atoms with Crippen LogP contribution in [-0.4, -0.2) is 28.8 Å². The fourth-order valence-electron chi connectivity index (χ4n) is 3.30. The number of rotatable bonds is 4. The Labute approximate surface area is 177 Å². The minimum atomic E-state index is -0.341. The summed E-state index contributed by atoms with van der Waals surface area (Å²) in [5.41, 5.74) is 3.69. The minimum absolute atomic E-state index is 0.122. The topological polar surface area (TPSA) is 79.3 Å². The number of nitrogens with zero attached hydrogens (tertiary/aromatic N) is 6. The van der Waals surface area contributed by atoms with Crippen molar-refractivity contribution in [3.8, 4) is 17.5 Å². The van der Waals surface area contributed by atoms with Gasteiger partial charge in [0, 0.05) is 18.5 Å². The number of anilines is 1. The Kier molecular flexibility index (Phi) is 5.21. The maximum absolute atomic E-state index is 13.1. The highest BCUT2D eigenvalue weighted by atomic mass is 35.5. The van der Waals surface area contributed by atoms with Gasteiger partial charge in [-0.1, -0.05) is 16.8 Å². The van der Waals surface area contributed by atoms with Gasteiger partial charge in [0.05, 0.1) is 22.8 Å². The number of likely N-dealkylation sites (N-methyl/N-ethyl adjacent to an activating group) is 1. The molecule has 0 spiro atoms. The summed E-state index contributed by atoms with van der Waals surface area (Å²) in [5, 5.41) is 18.7. The zero-order chi connectivity index (χ0) is 21.3. The Morgan fingerprint density at radius 1 is 1.30 bits per heavy atom. The molecule has 0 bridgehead atoms. The van der Waals surface area contributed by atoms with E-state index in [0.717, 1.165) is 17.1 Å². The van der Waals surface area contributed by atoms with Crippen LogP contribution in [0.5, 0.6) is 5.75 Å². The Balaban J connectivity index is 1.80. The van der Waals surface area contributed by atoms with Gasteiger partial charge in [0.1, 0.15) is 29.9 Å². The first kappa shape index (κ1) is 19.6. The Morgan fingerprint density at radius 3 is 2.77 bits per heavy atom. The second-order valence-corrected chi connectivity index (χ2v) is 7.01. The van der Waals surface area contributed by atoms with Crippen molar-refractivity contribution in [2.75, 3.05) is 11.9 Å². The average Bonchev–Trinajstić information content (AvgIpc) is 3.10. The van der Waals surface area contributed by atoms with E-state index in [1.807, 2.05) is 18.0 Å². The number of aromatic nitrogens is 3. The van der Waals surface area contributed by atoms with Gasteiger partial charge in [-0.25, -0.2) is 9.07 Å². The van der Waals surface area contributed by atoms with E-state index in [2.05, 4.69) is 28.1 Å². The first-order valence-corrected chi connectivity index (χ1v) is 9.35. The highest BCUT2D eigenvalue weighted by Gasteiger charge is 2.27. The van der Waals surface area contributed by atoms with Crippen molar-refractivity contribution >= 4 is 24.0 Å². The molecule has 1 aromatic heterocycles. The van der Waals surface area contributed by atoms with Crippen molar-refractivity contribution in [1.29, 1.82) is 5.26 Å². The van der Waals surface area contributed by atoms with Crippen LogP contribution in [0.25, 0.3) is 5.69 Å². The summed E-state index contributed by atoms with van der Waals surface area (Å²) in [7, 11) is 1.85. The fourth-order valence-corrected chi connectivity index (χ4v) is 3.47. The van der Waals surface area contributed by atoms with Crippen molar-refractivity contribution in [3.63, 3.8) is 0 Å². The van der Waals surface area contributed by atoms with Gasteiger partial charge < -0.3 is 9.64 Å². The van der Waals surface area contributed by atoms with Gasteiger partial charge in [0.25, 0.3) is 0 Å². The molecule has 2 aromatic carbocycles.